The molecule has 0 unspecified atom stereocenters. The Morgan fingerprint density at radius 3 is 2.64 bits per heavy atom. The third kappa shape index (κ3) is 5.20. The molecule has 2 aromatic heterocycles. The maximum atomic E-state index is 12.9. The number of hydrogen-bond donors (Lipinski definition) is 1. The van der Waals surface area contributed by atoms with E-state index in [0.29, 0.717) is 59.1 Å². The fourth-order valence-corrected chi connectivity index (χ4v) is 4.19. The van der Waals surface area contributed by atoms with Gasteiger partial charge in [0.2, 0.25) is 11.8 Å². The van der Waals surface area contributed by atoms with Gasteiger partial charge in [-0.15, -0.1) is 21.5 Å². The second kappa shape index (κ2) is 10.2. The Morgan fingerprint density at radius 2 is 1.97 bits per heavy atom. The number of thiazole rings is 1. The van der Waals surface area contributed by atoms with Crippen molar-refractivity contribution >= 4 is 28.3 Å². The number of amides is 2. The molecule has 3 heterocycles. The van der Waals surface area contributed by atoms with Gasteiger partial charge in [-0.05, 0) is 36.4 Å². The first-order valence-electron chi connectivity index (χ1n) is 11.4. The molecule has 0 radical (unpaired) electrons. The minimum Gasteiger partial charge on any atom is -0.480 e. The minimum atomic E-state index is -0.609. The lowest BCUT2D eigenvalue weighted by molar-refractivity contribution is -0.132. The summed E-state index contributed by atoms with van der Waals surface area (Å²) in [5.41, 5.74) is 1.07. The number of nitrogens with zero attached hydrogens (tertiary/aromatic N) is 4. The third-order valence-corrected chi connectivity index (χ3v) is 6.25. The Balaban J connectivity index is 1.39. The van der Waals surface area contributed by atoms with E-state index in [1.807, 2.05) is 19.1 Å². The summed E-state index contributed by atoms with van der Waals surface area (Å²) in [4.78, 5) is 31.0. The van der Waals surface area contributed by atoms with Crippen molar-refractivity contribution < 1.29 is 23.5 Å². The van der Waals surface area contributed by atoms with Gasteiger partial charge in [-0.2, -0.15) is 0 Å². The van der Waals surface area contributed by atoms with Crippen molar-refractivity contribution in [2.24, 2.45) is 0 Å². The second-order valence-corrected chi connectivity index (χ2v) is 9.01. The van der Waals surface area contributed by atoms with E-state index in [1.165, 1.54) is 11.3 Å². The van der Waals surface area contributed by atoms with E-state index in [0.717, 1.165) is 5.56 Å². The molecule has 1 aliphatic rings. The van der Waals surface area contributed by atoms with E-state index in [4.69, 9.17) is 13.9 Å². The van der Waals surface area contributed by atoms with Gasteiger partial charge in [0, 0.05) is 55.2 Å². The number of benzene rings is 2. The zero-order chi connectivity index (χ0) is 25.1. The first-order valence-corrected chi connectivity index (χ1v) is 12.2. The molecular weight excluding hydrogens is 482 g/mol. The van der Waals surface area contributed by atoms with Gasteiger partial charge >= 0.3 is 0 Å². The number of rotatable bonds is 8. The van der Waals surface area contributed by atoms with Crippen molar-refractivity contribution in [3.05, 3.63) is 65.5 Å². The van der Waals surface area contributed by atoms with Gasteiger partial charge in [-0.3, -0.25) is 14.9 Å². The highest BCUT2D eigenvalue weighted by Crippen LogP contribution is 2.31. The summed E-state index contributed by atoms with van der Waals surface area (Å²) in [6, 6.07) is 12.0. The van der Waals surface area contributed by atoms with Crippen LogP contribution in [0.5, 0.6) is 17.2 Å². The molecule has 1 fully saturated rings. The van der Waals surface area contributed by atoms with Crippen molar-refractivity contribution in [3.63, 3.8) is 0 Å². The zero-order valence-corrected chi connectivity index (χ0v) is 20.4. The average molecular weight is 506 g/mol. The molecule has 5 rings (SSSR count). The van der Waals surface area contributed by atoms with Crippen LogP contribution in [0.3, 0.4) is 0 Å². The standard InChI is InChI=1S/C25H23N5O5S/c1-3-21-28-29-23(35-21)15-4-6-17(7-5-15)33-18-12-16(22(31)27-25-26-9-11-36-25)13-19(14-18)34-20-8-10-30(2)24(20)32/h4-7,9,11-14,20H,3,8,10H2,1-2H3,(H,26,27,31)/t20-/m0/s1. The van der Waals surface area contributed by atoms with Crippen molar-refractivity contribution in [1.29, 1.82) is 0 Å². The predicted octanol–water partition coefficient (Wildman–Crippen LogP) is 4.41. The molecule has 0 spiro atoms. The maximum absolute atomic E-state index is 12.9. The predicted molar refractivity (Wildman–Crippen MR) is 132 cm³/mol. The molecule has 2 aromatic carbocycles. The Labute approximate surface area is 210 Å². The van der Waals surface area contributed by atoms with E-state index in [2.05, 4.69) is 20.5 Å². The lowest BCUT2D eigenvalue weighted by atomic mass is 10.1. The Morgan fingerprint density at radius 1 is 1.17 bits per heavy atom. The molecule has 1 atom stereocenters. The Kier molecular flexibility index (Phi) is 6.63. The Bertz CT molecular complexity index is 1370. The number of aromatic nitrogens is 3. The van der Waals surface area contributed by atoms with E-state index >= 15 is 0 Å². The highest BCUT2D eigenvalue weighted by molar-refractivity contribution is 7.13. The van der Waals surface area contributed by atoms with Crippen LogP contribution in [0.15, 0.2) is 58.5 Å². The normalized spacial score (nSPS) is 15.2. The van der Waals surface area contributed by atoms with E-state index < -0.39 is 6.10 Å². The number of carbonyl (C=O) groups excluding carboxylic acids is 2. The summed E-state index contributed by atoms with van der Waals surface area (Å²) in [6.45, 7) is 2.56. The Hall–Kier alpha value is -4.25. The average Bonchev–Trinajstić information content (AvgIpc) is 3.64. The van der Waals surface area contributed by atoms with Crippen LogP contribution in [0, 0.1) is 0 Å². The third-order valence-electron chi connectivity index (χ3n) is 5.56. The zero-order valence-electron chi connectivity index (χ0n) is 19.6. The van der Waals surface area contributed by atoms with E-state index in [9.17, 15) is 9.59 Å². The largest absolute Gasteiger partial charge is 0.480 e. The molecule has 1 N–H and O–H groups in total. The van der Waals surface area contributed by atoms with Crippen LogP contribution in [-0.4, -0.2) is 51.6 Å². The molecule has 184 valence electrons. The smallest absolute Gasteiger partial charge is 0.263 e. The van der Waals surface area contributed by atoms with Crippen LogP contribution < -0.4 is 14.8 Å². The molecule has 36 heavy (non-hydrogen) atoms. The molecule has 2 amide bonds. The molecule has 0 bridgehead atoms. The summed E-state index contributed by atoms with van der Waals surface area (Å²) < 4.78 is 17.6. The SMILES string of the molecule is CCc1nnc(-c2ccc(Oc3cc(O[C@H]4CCN(C)C4=O)cc(C(=O)Nc4nccs4)c3)cc2)o1. The first kappa shape index (κ1) is 23.5. The second-order valence-electron chi connectivity index (χ2n) is 8.12. The molecule has 11 heteroatoms. The summed E-state index contributed by atoms with van der Waals surface area (Å²) in [6.07, 6.45) is 2.23. The van der Waals surface area contributed by atoms with Crippen LogP contribution in [0.4, 0.5) is 5.13 Å². The first-order chi connectivity index (χ1) is 17.5. The van der Waals surface area contributed by atoms with Gasteiger partial charge < -0.3 is 18.8 Å². The van der Waals surface area contributed by atoms with Gasteiger partial charge in [-0.1, -0.05) is 6.92 Å². The topological polar surface area (TPSA) is 120 Å². The van der Waals surface area contributed by atoms with Gasteiger partial charge in [0.1, 0.15) is 17.2 Å². The highest BCUT2D eigenvalue weighted by atomic mass is 32.1. The van der Waals surface area contributed by atoms with Crippen molar-refractivity contribution in [1.82, 2.24) is 20.1 Å². The number of aryl methyl sites for hydroxylation is 1. The van der Waals surface area contributed by atoms with Gasteiger partial charge in [-0.25, -0.2) is 4.98 Å². The number of carbonyl (C=O) groups is 2. The van der Waals surface area contributed by atoms with Crippen molar-refractivity contribution in [2.45, 2.75) is 25.9 Å². The summed E-state index contributed by atoms with van der Waals surface area (Å²) in [5, 5.41) is 13.0. The molecular formula is C25H23N5O5S. The summed E-state index contributed by atoms with van der Waals surface area (Å²) >= 11 is 1.31. The molecule has 10 nitrogen and oxygen atoms in total. The fourth-order valence-electron chi connectivity index (χ4n) is 3.66. The number of likely N-dealkylation sites (tertiary alicyclic amines) is 1. The number of ether oxygens (including phenoxy) is 2. The van der Waals surface area contributed by atoms with Gasteiger partial charge in [0.05, 0.1) is 0 Å². The number of anilines is 1. The minimum absolute atomic E-state index is 0.0991. The quantitative estimate of drug-likeness (QED) is 0.374. The number of likely N-dealkylation sites (N-methyl/N-ethyl adjacent to an activating group) is 1. The van der Waals surface area contributed by atoms with Crippen LogP contribution in [-0.2, 0) is 11.2 Å². The maximum Gasteiger partial charge on any atom is 0.263 e. The monoisotopic (exact) mass is 505 g/mol. The number of hydrogen-bond acceptors (Lipinski definition) is 9. The van der Waals surface area contributed by atoms with Crippen molar-refractivity contribution in [3.8, 4) is 28.7 Å². The van der Waals surface area contributed by atoms with Crippen molar-refractivity contribution in [2.75, 3.05) is 18.9 Å². The fraction of sp³-hybridized carbons (Fsp3) is 0.240. The molecule has 0 saturated carbocycles. The molecule has 1 saturated heterocycles. The molecule has 1 aliphatic heterocycles. The number of nitrogens with one attached hydrogen (secondary N) is 1. The van der Waals surface area contributed by atoms with Gasteiger partial charge in [0.25, 0.3) is 11.8 Å². The van der Waals surface area contributed by atoms with Crippen LogP contribution >= 0.6 is 11.3 Å². The van der Waals surface area contributed by atoms with Gasteiger partial charge in [0.15, 0.2) is 11.2 Å². The summed E-state index contributed by atoms with van der Waals surface area (Å²) in [5.74, 6) is 1.81. The summed E-state index contributed by atoms with van der Waals surface area (Å²) in [7, 11) is 1.74. The molecule has 4 aromatic rings. The lowest BCUT2D eigenvalue weighted by Crippen LogP contribution is -2.29. The lowest BCUT2D eigenvalue weighted by Gasteiger charge is -2.15. The molecule has 0 aliphatic carbocycles. The van der Waals surface area contributed by atoms with Crippen LogP contribution in [0.2, 0.25) is 0 Å². The van der Waals surface area contributed by atoms with Crippen LogP contribution in [0.25, 0.3) is 11.5 Å². The van der Waals surface area contributed by atoms with Crippen LogP contribution in [0.1, 0.15) is 29.6 Å². The van der Waals surface area contributed by atoms with E-state index in [-0.39, 0.29) is 11.8 Å². The van der Waals surface area contributed by atoms with E-state index in [1.54, 1.807) is 53.9 Å². The highest BCUT2D eigenvalue weighted by Gasteiger charge is 2.31.